The predicted octanol–water partition coefficient (Wildman–Crippen LogP) is 0.494. The molecule has 0 bridgehead atoms. The van der Waals surface area contributed by atoms with Crippen LogP contribution in [0.4, 0.5) is 0 Å². The van der Waals surface area contributed by atoms with Crippen molar-refractivity contribution in [3.05, 3.63) is 0 Å². The first-order chi connectivity index (χ1) is 6.46. The fourth-order valence-corrected chi connectivity index (χ4v) is 4.64. The van der Waals surface area contributed by atoms with Crippen LogP contribution < -0.4 is 5.73 Å². The summed E-state index contributed by atoms with van der Waals surface area (Å²) in [5, 5.41) is 0.128. The number of nitrogens with two attached hydrogens (primary N) is 1. The molecule has 2 saturated carbocycles. The molecule has 76 valence electrons. The second kappa shape index (κ2) is 2.67. The number of ether oxygens (including phenoxy) is 1. The van der Waals surface area contributed by atoms with Gasteiger partial charge in [0.1, 0.15) is 42.6 Å². The molecule has 0 aromatic heterocycles. The van der Waals surface area contributed by atoms with Crippen molar-refractivity contribution in [2.24, 2.45) is 5.73 Å². The minimum Gasteiger partial charge on any atom is -0.380 e. The molecule has 2 aliphatic carbocycles. The van der Waals surface area contributed by atoms with Crippen molar-refractivity contribution in [2.45, 2.75) is 47.7 Å². The Morgan fingerprint density at radius 2 is 2.29 bits per heavy atom. The van der Waals surface area contributed by atoms with Crippen LogP contribution in [0.5, 0.6) is 0 Å². The molecule has 3 aliphatic rings. The van der Waals surface area contributed by atoms with Crippen molar-refractivity contribution in [3.63, 3.8) is 0 Å². The smallest absolute Gasteiger partial charge is 0.111 e. The van der Waals surface area contributed by atoms with Gasteiger partial charge in [0.2, 0.25) is 0 Å². The van der Waals surface area contributed by atoms with E-state index < -0.39 is 0 Å². The Kier molecular flexibility index (Phi) is 1.96. The van der Waals surface area contributed by atoms with Crippen molar-refractivity contribution in [2.75, 3.05) is 0 Å². The summed E-state index contributed by atoms with van der Waals surface area (Å²) in [5.41, 5.74) is 5.84. The van der Waals surface area contributed by atoms with Crippen LogP contribution in [0, 0.1) is 0 Å². The van der Waals surface area contributed by atoms with Crippen LogP contribution in [0.25, 0.3) is 0 Å². The van der Waals surface area contributed by atoms with Crippen LogP contribution in [0.15, 0.2) is 0 Å². The molecule has 0 spiro atoms. The van der Waals surface area contributed by atoms with E-state index >= 15 is 0 Å². The fraction of sp³-hybridized carbons (Fsp3) is 1.00. The summed E-state index contributed by atoms with van der Waals surface area (Å²) in [4.78, 5) is 0. The van der Waals surface area contributed by atoms with E-state index in [4.69, 9.17) is 21.4 Å². The van der Waals surface area contributed by atoms with Gasteiger partial charge in [0.05, 0.1) is 5.54 Å². The quantitative estimate of drug-likeness (QED) is 0.434. The Morgan fingerprint density at radius 1 is 1.57 bits per heavy atom. The van der Waals surface area contributed by atoms with E-state index in [-0.39, 0.29) is 28.4 Å². The lowest BCUT2D eigenvalue weighted by molar-refractivity contribution is -0.00135. The highest BCUT2D eigenvalue weighted by molar-refractivity contribution is 14.1. The Labute approximate surface area is 101 Å². The van der Waals surface area contributed by atoms with E-state index in [1.165, 1.54) is 0 Å². The molecular weight excluding hydrogens is 311 g/mol. The minimum absolute atomic E-state index is 0.0283. The van der Waals surface area contributed by atoms with Crippen LogP contribution in [-0.4, -0.2) is 36.2 Å². The minimum atomic E-state index is -0.241. The number of halogens is 1. The van der Waals surface area contributed by atoms with Gasteiger partial charge in [-0.2, -0.15) is 0 Å². The van der Waals surface area contributed by atoms with Gasteiger partial charge >= 0.3 is 0 Å². The molecule has 1 aliphatic heterocycles. The van der Waals surface area contributed by atoms with E-state index in [0.717, 1.165) is 19.3 Å². The maximum atomic E-state index is 6.31. The molecule has 2 N–H and O–H groups in total. The van der Waals surface area contributed by atoms with Gasteiger partial charge in [-0.25, -0.2) is 0 Å². The van der Waals surface area contributed by atoms with Crippen LogP contribution in [-0.2, 0) is 7.80 Å². The van der Waals surface area contributed by atoms with Crippen molar-refractivity contribution in [1.29, 1.82) is 0 Å². The van der Waals surface area contributed by atoms with E-state index in [2.05, 4.69) is 9.24 Å². The lowest BCUT2D eigenvalue weighted by Crippen LogP contribution is -2.47. The highest BCUT2D eigenvalue weighted by atomic mass is 127. The lowest BCUT2D eigenvalue weighted by Gasteiger charge is -2.29. The number of rotatable bonds is 1. The van der Waals surface area contributed by atoms with Gasteiger partial charge in [0.25, 0.3) is 0 Å². The average molecular weight is 323 g/mol. The summed E-state index contributed by atoms with van der Waals surface area (Å²) in [6.45, 7) is 0. The third kappa shape index (κ3) is 0.987. The van der Waals surface area contributed by atoms with E-state index in [9.17, 15) is 0 Å². The van der Waals surface area contributed by atoms with E-state index in [0.29, 0.717) is 0 Å². The van der Waals surface area contributed by atoms with Crippen molar-refractivity contribution in [1.82, 2.24) is 0 Å². The average Bonchev–Trinajstić information content (AvgIpc) is 2.42. The molecule has 6 heteroatoms. The summed E-state index contributed by atoms with van der Waals surface area (Å²) in [7, 11) is 8.68. The first-order valence-corrected chi connectivity index (χ1v) is 6.20. The summed E-state index contributed by atoms with van der Waals surface area (Å²) < 4.78 is 11.3. The summed E-state index contributed by atoms with van der Waals surface area (Å²) in [6.07, 6.45) is 2.68. The van der Waals surface area contributed by atoms with Crippen LogP contribution in [0.3, 0.4) is 0 Å². The van der Waals surface area contributed by atoms with Crippen molar-refractivity contribution in [3.8, 4) is 0 Å². The molecule has 3 rings (SSSR count). The topological polar surface area (TPSA) is 44.5 Å². The molecule has 0 aromatic carbocycles. The lowest BCUT2D eigenvalue weighted by atomic mass is 9.86. The molecule has 6 unspecified atom stereocenters. The largest absolute Gasteiger partial charge is 0.380 e. The first kappa shape index (κ1) is 10.3. The van der Waals surface area contributed by atoms with Gasteiger partial charge < -0.3 is 13.5 Å². The number of fused-ring (bicyclic) bond motifs is 3. The molecule has 3 fully saturated rings. The summed E-state index contributed by atoms with van der Waals surface area (Å²) in [5.74, 6) is 0. The van der Waals surface area contributed by atoms with Crippen LogP contribution >= 0.6 is 32.2 Å². The second-order valence-corrected chi connectivity index (χ2v) is 6.50. The summed E-state index contributed by atoms with van der Waals surface area (Å²) >= 11 is 1.95. The zero-order valence-electron chi connectivity index (χ0n) is 7.70. The number of hydrogen-bond donors (Lipinski definition) is 1. The Balaban J connectivity index is 1.98. The highest BCUT2D eigenvalue weighted by Crippen LogP contribution is 2.70. The van der Waals surface area contributed by atoms with Gasteiger partial charge in [-0.3, -0.25) is 0 Å². The monoisotopic (exact) mass is 323 g/mol. The highest BCUT2D eigenvalue weighted by Gasteiger charge is 2.80. The number of hydrogen-bond acceptors (Lipinski definition) is 3. The Bertz CT molecular complexity index is 309. The molecule has 6 atom stereocenters. The molecule has 2 radical (unpaired) electrons. The fourth-order valence-electron chi connectivity index (χ4n) is 3.24. The first-order valence-electron chi connectivity index (χ1n) is 4.74. The molecule has 14 heavy (non-hydrogen) atoms. The normalized spacial score (nSPS) is 65.1. The zero-order chi connectivity index (χ0) is 10.2. The molecule has 0 aromatic rings. The van der Waals surface area contributed by atoms with Crippen molar-refractivity contribution >= 4 is 40.1 Å². The molecular formula is C8H12BINO2P. The molecule has 3 nitrogen and oxygen atoms in total. The molecule has 0 amide bonds. The van der Waals surface area contributed by atoms with Crippen LogP contribution in [0.2, 0.25) is 0 Å². The van der Waals surface area contributed by atoms with E-state index in [1.807, 2.05) is 23.0 Å². The predicted molar refractivity (Wildman–Crippen MR) is 65.5 cm³/mol. The Hall–Kier alpha value is 1.10. The third-order valence-electron chi connectivity index (χ3n) is 3.98. The summed E-state index contributed by atoms with van der Waals surface area (Å²) in [6, 6.07) is -0.217. The van der Waals surface area contributed by atoms with Crippen molar-refractivity contribution < 1.29 is 7.80 Å². The van der Waals surface area contributed by atoms with Crippen LogP contribution in [0.1, 0.15) is 19.3 Å². The van der Waals surface area contributed by atoms with Gasteiger partial charge in [-0.05, 0) is 19.3 Å². The molecule has 1 heterocycles. The second-order valence-electron chi connectivity index (χ2n) is 4.95. The molecule has 1 saturated heterocycles. The van der Waals surface area contributed by atoms with Gasteiger partial charge in [-0.15, -0.1) is 9.24 Å². The van der Waals surface area contributed by atoms with E-state index in [1.54, 1.807) is 0 Å². The Morgan fingerprint density at radius 3 is 2.86 bits per heavy atom. The van der Waals surface area contributed by atoms with Gasteiger partial charge in [0.15, 0.2) is 0 Å². The SMILES string of the molecule is [B]C1CC2(OI)CC3(P)CC3(N)C2O1. The standard InChI is InChI=1S/C8H12BINO2P/c9-4-1-6(13-10)2-7(14)3-8(7,11)5(6)12-4/h4-5H,1-3,11,14H2. The van der Waals surface area contributed by atoms with Gasteiger partial charge in [0, 0.05) is 11.2 Å². The maximum absolute atomic E-state index is 6.31. The zero-order valence-corrected chi connectivity index (χ0v) is 11.0. The third-order valence-corrected chi connectivity index (χ3v) is 5.80. The van der Waals surface area contributed by atoms with Gasteiger partial charge in [-0.1, -0.05) is 0 Å². The maximum Gasteiger partial charge on any atom is 0.111 e.